The van der Waals surface area contributed by atoms with E-state index in [-0.39, 0.29) is 12.3 Å². The van der Waals surface area contributed by atoms with E-state index >= 15 is 0 Å². The Morgan fingerprint density at radius 1 is 1.36 bits per heavy atom. The molecule has 2 aromatic heterocycles. The first-order chi connectivity index (χ1) is 13.4. The second-order valence-electron chi connectivity index (χ2n) is 6.68. The van der Waals surface area contributed by atoms with Gasteiger partial charge in [-0.05, 0) is 18.1 Å². The molecule has 0 radical (unpaired) electrons. The van der Waals surface area contributed by atoms with Crippen molar-refractivity contribution in [3.8, 4) is 11.4 Å². The van der Waals surface area contributed by atoms with E-state index in [0.717, 1.165) is 27.6 Å². The molecule has 1 amide bonds. The topological polar surface area (TPSA) is 113 Å². The molecular formula is C18H21BrN6O2S. The van der Waals surface area contributed by atoms with E-state index < -0.39 is 0 Å². The van der Waals surface area contributed by atoms with Gasteiger partial charge in [0, 0.05) is 29.4 Å². The lowest BCUT2D eigenvalue weighted by molar-refractivity contribution is -0.118. The van der Waals surface area contributed by atoms with E-state index in [4.69, 9.17) is 10.3 Å². The number of carbonyl (C=O) groups is 1. The number of primary amides is 1. The monoisotopic (exact) mass is 464 g/mol. The number of thioether (sulfide) groups is 1. The summed E-state index contributed by atoms with van der Waals surface area (Å²) in [6, 6.07) is 7.73. The molecule has 0 saturated heterocycles. The van der Waals surface area contributed by atoms with E-state index in [9.17, 15) is 4.79 Å². The van der Waals surface area contributed by atoms with E-state index in [1.54, 1.807) is 0 Å². The third-order valence-corrected chi connectivity index (χ3v) is 5.26. The summed E-state index contributed by atoms with van der Waals surface area (Å²) in [7, 11) is 0. The Morgan fingerprint density at radius 2 is 2.18 bits per heavy atom. The predicted octanol–water partition coefficient (Wildman–Crippen LogP) is 3.46. The van der Waals surface area contributed by atoms with Crippen molar-refractivity contribution in [1.82, 2.24) is 24.9 Å². The smallest absolute Gasteiger partial charge is 0.237 e. The number of halogens is 1. The fourth-order valence-corrected chi connectivity index (χ4v) is 3.78. The van der Waals surface area contributed by atoms with Crippen LogP contribution in [-0.2, 0) is 23.5 Å². The number of carbonyl (C=O) groups excluding carboxylic acids is 1. The summed E-state index contributed by atoms with van der Waals surface area (Å²) in [5, 5.41) is 13.3. The highest BCUT2D eigenvalue weighted by Gasteiger charge is 2.16. The first kappa shape index (κ1) is 20.5. The van der Waals surface area contributed by atoms with Crippen LogP contribution in [0.5, 0.6) is 0 Å². The van der Waals surface area contributed by atoms with Gasteiger partial charge in [-0.2, -0.15) is 4.98 Å². The fraction of sp³-hybridized carbons (Fsp3) is 0.389. The number of benzene rings is 1. The van der Waals surface area contributed by atoms with Gasteiger partial charge < -0.3 is 14.8 Å². The van der Waals surface area contributed by atoms with E-state index in [2.05, 4.69) is 50.1 Å². The highest BCUT2D eigenvalue weighted by Crippen LogP contribution is 2.25. The Kier molecular flexibility index (Phi) is 6.84. The van der Waals surface area contributed by atoms with Gasteiger partial charge in [-0.1, -0.05) is 58.8 Å². The quantitative estimate of drug-likeness (QED) is 0.482. The summed E-state index contributed by atoms with van der Waals surface area (Å²) in [5.41, 5.74) is 6.14. The molecular weight excluding hydrogens is 444 g/mol. The molecule has 0 aliphatic rings. The zero-order valence-electron chi connectivity index (χ0n) is 15.6. The molecule has 148 valence electrons. The minimum atomic E-state index is -0.348. The normalized spacial score (nSPS) is 11.3. The number of hydrogen-bond donors (Lipinski definition) is 1. The lowest BCUT2D eigenvalue weighted by Crippen LogP contribution is -2.15. The Labute approximate surface area is 175 Å². The summed E-state index contributed by atoms with van der Waals surface area (Å²) in [6.45, 7) is 5.00. The highest BCUT2D eigenvalue weighted by molar-refractivity contribution is 9.10. The van der Waals surface area contributed by atoms with Crippen LogP contribution in [0, 0.1) is 5.92 Å². The van der Waals surface area contributed by atoms with Gasteiger partial charge in [-0.25, -0.2) is 0 Å². The summed E-state index contributed by atoms with van der Waals surface area (Å²) in [6.07, 6.45) is 0.726. The summed E-state index contributed by atoms with van der Waals surface area (Å²) >= 11 is 4.92. The van der Waals surface area contributed by atoms with Gasteiger partial charge in [-0.3, -0.25) is 4.79 Å². The Balaban J connectivity index is 1.71. The number of rotatable bonds is 9. The third kappa shape index (κ3) is 5.41. The first-order valence-electron chi connectivity index (χ1n) is 8.84. The van der Waals surface area contributed by atoms with Gasteiger partial charge in [0.05, 0.1) is 5.75 Å². The number of nitrogens with zero attached hydrogens (tertiary/aromatic N) is 5. The molecule has 0 aliphatic heterocycles. The number of nitrogens with two attached hydrogens (primary N) is 1. The molecule has 28 heavy (non-hydrogen) atoms. The molecule has 0 saturated carbocycles. The van der Waals surface area contributed by atoms with Crippen molar-refractivity contribution in [2.45, 2.75) is 44.1 Å². The van der Waals surface area contributed by atoms with Crippen molar-refractivity contribution in [3.63, 3.8) is 0 Å². The van der Waals surface area contributed by atoms with Crippen LogP contribution in [0.3, 0.4) is 0 Å². The van der Waals surface area contributed by atoms with E-state index in [0.29, 0.717) is 29.8 Å². The van der Waals surface area contributed by atoms with Crippen LogP contribution in [0.2, 0.25) is 0 Å². The van der Waals surface area contributed by atoms with Gasteiger partial charge in [0.15, 0.2) is 5.16 Å². The number of hydrogen-bond acceptors (Lipinski definition) is 7. The molecule has 1 aromatic carbocycles. The second kappa shape index (κ2) is 9.33. The minimum Gasteiger partial charge on any atom is -0.370 e. The molecule has 8 nitrogen and oxygen atoms in total. The Bertz CT molecular complexity index is 955. The van der Waals surface area contributed by atoms with Crippen LogP contribution in [0.25, 0.3) is 11.4 Å². The van der Waals surface area contributed by atoms with Crippen molar-refractivity contribution in [2.24, 2.45) is 11.7 Å². The van der Waals surface area contributed by atoms with Gasteiger partial charge in [0.2, 0.25) is 17.6 Å². The van der Waals surface area contributed by atoms with Crippen molar-refractivity contribution >= 4 is 33.6 Å². The van der Waals surface area contributed by atoms with Crippen LogP contribution in [0.1, 0.15) is 32.0 Å². The molecule has 0 aliphatic carbocycles. The molecule has 3 rings (SSSR count). The van der Waals surface area contributed by atoms with E-state index in [1.165, 1.54) is 11.8 Å². The van der Waals surface area contributed by atoms with Gasteiger partial charge in [-0.15, -0.1) is 10.2 Å². The van der Waals surface area contributed by atoms with Crippen molar-refractivity contribution in [1.29, 1.82) is 0 Å². The molecule has 0 atom stereocenters. The van der Waals surface area contributed by atoms with Crippen LogP contribution in [0.4, 0.5) is 0 Å². The molecule has 0 fully saturated rings. The lowest BCUT2D eigenvalue weighted by Gasteiger charge is -2.11. The second-order valence-corrected chi connectivity index (χ2v) is 8.54. The third-order valence-electron chi connectivity index (χ3n) is 3.81. The van der Waals surface area contributed by atoms with Crippen LogP contribution in [0.15, 0.2) is 38.4 Å². The molecule has 0 bridgehead atoms. The Hall–Kier alpha value is -2.20. The van der Waals surface area contributed by atoms with Crippen LogP contribution < -0.4 is 5.73 Å². The number of aryl methyl sites for hydroxylation is 1. The summed E-state index contributed by atoms with van der Waals surface area (Å²) < 4.78 is 8.36. The molecule has 0 spiro atoms. The van der Waals surface area contributed by atoms with E-state index in [1.807, 2.05) is 28.8 Å². The molecule has 2 N–H and O–H groups in total. The highest BCUT2D eigenvalue weighted by atomic mass is 79.9. The maximum atomic E-state index is 11.1. The van der Waals surface area contributed by atoms with Gasteiger partial charge >= 0.3 is 0 Å². The van der Waals surface area contributed by atoms with Crippen LogP contribution >= 0.6 is 27.7 Å². The molecule has 2 heterocycles. The summed E-state index contributed by atoms with van der Waals surface area (Å²) in [4.78, 5) is 15.5. The standard InChI is InChI=1S/C18H21BrN6O2S/c1-11(2)9-25-15(7-6-14(20)26)22-23-18(25)28-10-16-21-17(24-27-16)12-4-3-5-13(19)8-12/h3-5,8,11H,6-7,9-10H2,1-2H3,(H2,20,26). The average molecular weight is 465 g/mol. The maximum absolute atomic E-state index is 11.1. The maximum Gasteiger partial charge on any atom is 0.237 e. The number of amides is 1. The van der Waals surface area contributed by atoms with Gasteiger partial charge in [0.1, 0.15) is 5.82 Å². The van der Waals surface area contributed by atoms with Crippen molar-refractivity contribution in [2.75, 3.05) is 0 Å². The largest absolute Gasteiger partial charge is 0.370 e. The first-order valence-corrected chi connectivity index (χ1v) is 10.6. The molecule has 3 aromatic rings. The van der Waals surface area contributed by atoms with Crippen molar-refractivity contribution < 1.29 is 9.32 Å². The molecule has 10 heteroatoms. The molecule has 0 unspecified atom stereocenters. The van der Waals surface area contributed by atoms with Crippen LogP contribution in [-0.4, -0.2) is 30.8 Å². The lowest BCUT2D eigenvalue weighted by atomic mass is 10.2. The SMILES string of the molecule is CC(C)Cn1c(CCC(N)=O)nnc1SCc1nc(-c2cccc(Br)c2)no1. The van der Waals surface area contributed by atoms with Crippen molar-refractivity contribution in [3.05, 3.63) is 40.5 Å². The fourth-order valence-electron chi connectivity index (χ4n) is 2.58. The Morgan fingerprint density at radius 3 is 2.89 bits per heavy atom. The predicted molar refractivity (Wildman–Crippen MR) is 109 cm³/mol. The minimum absolute atomic E-state index is 0.251. The van der Waals surface area contributed by atoms with Gasteiger partial charge in [0.25, 0.3) is 0 Å². The average Bonchev–Trinajstić information content (AvgIpc) is 3.25. The zero-order valence-corrected chi connectivity index (χ0v) is 18.0. The number of aromatic nitrogens is 5. The summed E-state index contributed by atoms with van der Waals surface area (Å²) in [5.74, 6) is 2.36. The zero-order chi connectivity index (χ0) is 20.1.